The van der Waals surface area contributed by atoms with Gasteiger partial charge in [0.25, 0.3) is 5.91 Å². The highest BCUT2D eigenvalue weighted by Gasteiger charge is 2.26. The van der Waals surface area contributed by atoms with E-state index in [1.165, 1.54) is 12.0 Å². The van der Waals surface area contributed by atoms with Gasteiger partial charge in [0.1, 0.15) is 0 Å². The number of hydrogen-bond donors (Lipinski definition) is 1. The monoisotopic (exact) mass is 323 g/mol. The summed E-state index contributed by atoms with van der Waals surface area (Å²) in [7, 11) is 0. The molecule has 1 atom stereocenters. The Morgan fingerprint density at radius 1 is 1.25 bits per heavy atom. The smallest absolute Gasteiger partial charge is 0.255 e. The van der Waals surface area contributed by atoms with Crippen LogP contribution in [0.3, 0.4) is 0 Å². The molecule has 1 aliphatic heterocycles. The highest BCUT2D eigenvalue weighted by molar-refractivity contribution is 5.95. The van der Waals surface area contributed by atoms with Crippen molar-refractivity contribution in [2.75, 3.05) is 11.9 Å². The van der Waals surface area contributed by atoms with Crippen LogP contribution >= 0.6 is 0 Å². The number of nitrogens with zero attached hydrogens (tertiary/aromatic N) is 2. The van der Waals surface area contributed by atoms with Gasteiger partial charge in [0, 0.05) is 31.5 Å². The SMILES string of the molecule is CCC1CCCCN1C(=O)c1cncc(NCc2ccccc2)c1. The molecule has 1 N–H and O–H groups in total. The third-order valence-electron chi connectivity index (χ3n) is 4.68. The number of benzene rings is 1. The maximum Gasteiger partial charge on any atom is 0.255 e. The Morgan fingerprint density at radius 3 is 2.88 bits per heavy atom. The van der Waals surface area contributed by atoms with E-state index in [1.807, 2.05) is 29.2 Å². The van der Waals surface area contributed by atoms with Gasteiger partial charge in [0.05, 0.1) is 11.3 Å². The predicted octanol–water partition coefficient (Wildman–Crippen LogP) is 4.10. The summed E-state index contributed by atoms with van der Waals surface area (Å²) in [6.45, 7) is 3.74. The zero-order valence-corrected chi connectivity index (χ0v) is 14.2. The molecular weight excluding hydrogens is 298 g/mol. The van der Waals surface area contributed by atoms with E-state index in [9.17, 15) is 4.79 Å². The fourth-order valence-corrected chi connectivity index (χ4v) is 3.31. The van der Waals surface area contributed by atoms with Gasteiger partial charge in [-0.15, -0.1) is 0 Å². The van der Waals surface area contributed by atoms with Crippen molar-refractivity contribution in [3.05, 3.63) is 59.9 Å². The van der Waals surface area contributed by atoms with Gasteiger partial charge in [-0.1, -0.05) is 37.3 Å². The average molecular weight is 323 g/mol. The summed E-state index contributed by atoms with van der Waals surface area (Å²) < 4.78 is 0. The first kappa shape index (κ1) is 16.5. The van der Waals surface area contributed by atoms with Crippen molar-refractivity contribution >= 4 is 11.6 Å². The van der Waals surface area contributed by atoms with Gasteiger partial charge in [-0.3, -0.25) is 9.78 Å². The lowest BCUT2D eigenvalue weighted by Crippen LogP contribution is -2.43. The number of hydrogen-bond acceptors (Lipinski definition) is 3. The minimum atomic E-state index is 0.109. The molecule has 3 rings (SSSR count). The van der Waals surface area contributed by atoms with Crippen LogP contribution < -0.4 is 5.32 Å². The van der Waals surface area contributed by atoms with Crippen molar-refractivity contribution in [1.29, 1.82) is 0 Å². The minimum absolute atomic E-state index is 0.109. The molecule has 1 amide bonds. The molecule has 1 aliphatic rings. The van der Waals surface area contributed by atoms with Gasteiger partial charge in [0.15, 0.2) is 0 Å². The number of likely N-dealkylation sites (tertiary alicyclic amines) is 1. The van der Waals surface area contributed by atoms with Crippen LogP contribution in [-0.4, -0.2) is 28.4 Å². The van der Waals surface area contributed by atoms with Gasteiger partial charge < -0.3 is 10.2 Å². The molecule has 4 heteroatoms. The van der Waals surface area contributed by atoms with E-state index < -0.39 is 0 Å². The molecule has 0 bridgehead atoms. The maximum atomic E-state index is 12.9. The molecule has 0 spiro atoms. The van der Waals surface area contributed by atoms with E-state index in [0.29, 0.717) is 11.6 Å². The summed E-state index contributed by atoms with van der Waals surface area (Å²) in [4.78, 5) is 19.1. The van der Waals surface area contributed by atoms with Crippen LogP contribution in [-0.2, 0) is 6.54 Å². The lowest BCUT2D eigenvalue weighted by molar-refractivity contribution is 0.0607. The summed E-state index contributed by atoms with van der Waals surface area (Å²) >= 11 is 0. The highest BCUT2D eigenvalue weighted by atomic mass is 16.2. The second kappa shape index (κ2) is 7.95. The van der Waals surface area contributed by atoms with Gasteiger partial charge in [-0.2, -0.15) is 0 Å². The summed E-state index contributed by atoms with van der Waals surface area (Å²) in [5.41, 5.74) is 2.76. The summed E-state index contributed by atoms with van der Waals surface area (Å²) in [5.74, 6) is 0.109. The second-order valence-electron chi connectivity index (χ2n) is 6.36. The molecule has 4 nitrogen and oxygen atoms in total. The van der Waals surface area contributed by atoms with Crippen molar-refractivity contribution in [1.82, 2.24) is 9.88 Å². The zero-order chi connectivity index (χ0) is 16.8. The lowest BCUT2D eigenvalue weighted by Gasteiger charge is -2.35. The second-order valence-corrected chi connectivity index (χ2v) is 6.36. The molecule has 1 aromatic carbocycles. The van der Waals surface area contributed by atoms with Gasteiger partial charge in [-0.05, 0) is 37.3 Å². The molecule has 0 saturated carbocycles. The van der Waals surface area contributed by atoms with E-state index in [-0.39, 0.29) is 5.91 Å². The lowest BCUT2D eigenvalue weighted by atomic mass is 9.99. The van der Waals surface area contributed by atoms with Crippen molar-refractivity contribution in [3.63, 3.8) is 0 Å². The molecule has 126 valence electrons. The normalized spacial score (nSPS) is 17.5. The Bertz CT molecular complexity index is 672. The van der Waals surface area contributed by atoms with Gasteiger partial charge in [0.2, 0.25) is 0 Å². The molecule has 0 radical (unpaired) electrons. The Morgan fingerprint density at radius 2 is 2.08 bits per heavy atom. The number of carbonyl (C=O) groups excluding carboxylic acids is 1. The number of anilines is 1. The highest BCUT2D eigenvalue weighted by Crippen LogP contribution is 2.22. The molecule has 0 aliphatic carbocycles. The average Bonchev–Trinajstić information content (AvgIpc) is 2.67. The van der Waals surface area contributed by atoms with E-state index >= 15 is 0 Å². The molecule has 24 heavy (non-hydrogen) atoms. The van der Waals surface area contributed by atoms with Crippen molar-refractivity contribution in [3.8, 4) is 0 Å². The Hall–Kier alpha value is -2.36. The van der Waals surface area contributed by atoms with Crippen LogP contribution in [0.1, 0.15) is 48.5 Å². The van der Waals surface area contributed by atoms with E-state index in [0.717, 1.165) is 38.0 Å². The number of rotatable bonds is 5. The van der Waals surface area contributed by atoms with Crippen LogP contribution in [0.5, 0.6) is 0 Å². The molecule has 1 saturated heterocycles. The molecular formula is C20H25N3O. The Kier molecular flexibility index (Phi) is 5.47. The zero-order valence-electron chi connectivity index (χ0n) is 14.2. The predicted molar refractivity (Wildman–Crippen MR) is 97.0 cm³/mol. The summed E-state index contributed by atoms with van der Waals surface area (Å²) in [6.07, 6.45) is 7.90. The van der Waals surface area contributed by atoms with Crippen LogP contribution in [0.2, 0.25) is 0 Å². The standard InChI is InChI=1S/C20H25N3O/c1-2-19-10-6-7-11-23(19)20(24)17-12-18(15-21-14-17)22-13-16-8-4-3-5-9-16/h3-5,8-9,12,14-15,19,22H,2,6-7,10-11,13H2,1H3. The number of aromatic nitrogens is 1. The summed E-state index contributed by atoms with van der Waals surface area (Å²) in [6, 6.07) is 12.5. The molecule has 1 fully saturated rings. The topological polar surface area (TPSA) is 45.2 Å². The van der Waals surface area contributed by atoms with Crippen molar-refractivity contribution in [2.45, 2.75) is 45.2 Å². The van der Waals surface area contributed by atoms with Gasteiger partial charge in [-0.25, -0.2) is 0 Å². The first-order valence-corrected chi connectivity index (χ1v) is 8.81. The van der Waals surface area contributed by atoms with E-state index in [4.69, 9.17) is 0 Å². The minimum Gasteiger partial charge on any atom is -0.380 e. The summed E-state index contributed by atoms with van der Waals surface area (Å²) in [5, 5.41) is 3.35. The van der Waals surface area contributed by atoms with Crippen LogP contribution in [0.15, 0.2) is 48.8 Å². The first-order chi connectivity index (χ1) is 11.8. The largest absolute Gasteiger partial charge is 0.380 e. The molecule has 1 aromatic heterocycles. The maximum absolute atomic E-state index is 12.9. The van der Waals surface area contributed by atoms with Crippen molar-refractivity contribution < 1.29 is 4.79 Å². The van der Waals surface area contributed by atoms with E-state index in [2.05, 4.69) is 29.4 Å². The molecule has 1 unspecified atom stereocenters. The molecule has 2 heterocycles. The van der Waals surface area contributed by atoms with Gasteiger partial charge >= 0.3 is 0 Å². The fourth-order valence-electron chi connectivity index (χ4n) is 3.31. The number of nitrogens with one attached hydrogen (secondary N) is 1. The Labute approximate surface area is 143 Å². The quantitative estimate of drug-likeness (QED) is 0.901. The number of carbonyl (C=O) groups is 1. The molecule has 2 aromatic rings. The van der Waals surface area contributed by atoms with E-state index in [1.54, 1.807) is 12.4 Å². The number of piperidine rings is 1. The van der Waals surface area contributed by atoms with Crippen LogP contribution in [0.4, 0.5) is 5.69 Å². The first-order valence-electron chi connectivity index (χ1n) is 8.81. The van der Waals surface area contributed by atoms with Crippen molar-refractivity contribution in [2.24, 2.45) is 0 Å². The fraction of sp³-hybridized carbons (Fsp3) is 0.400. The Balaban J connectivity index is 1.69. The number of amides is 1. The third-order valence-corrected chi connectivity index (χ3v) is 4.68. The third kappa shape index (κ3) is 3.94. The number of pyridine rings is 1. The van der Waals surface area contributed by atoms with Crippen LogP contribution in [0.25, 0.3) is 0 Å². The van der Waals surface area contributed by atoms with Crippen LogP contribution in [0, 0.1) is 0 Å².